The molecule has 110 valence electrons. The Morgan fingerprint density at radius 3 is 2.90 bits per heavy atom. The van der Waals surface area contributed by atoms with Crippen molar-refractivity contribution in [1.82, 2.24) is 15.2 Å². The Balaban J connectivity index is 1.69. The van der Waals surface area contributed by atoms with E-state index in [4.69, 9.17) is 0 Å². The van der Waals surface area contributed by atoms with Crippen molar-refractivity contribution in [3.63, 3.8) is 0 Å². The first-order chi connectivity index (χ1) is 9.65. The fourth-order valence-electron chi connectivity index (χ4n) is 2.57. The maximum atomic E-state index is 11.9. The van der Waals surface area contributed by atoms with Crippen LogP contribution in [0.25, 0.3) is 0 Å². The van der Waals surface area contributed by atoms with Crippen molar-refractivity contribution in [2.45, 2.75) is 26.7 Å². The molecule has 0 spiro atoms. The molecule has 0 aliphatic carbocycles. The van der Waals surface area contributed by atoms with Crippen LogP contribution in [0, 0.1) is 11.8 Å². The molecule has 0 radical (unpaired) electrons. The molecule has 0 aromatic carbocycles. The average Bonchev–Trinajstić information content (AvgIpc) is 2.91. The Hall–Kier alpha value is -1.42. The summed E-state index contributed by atoms with van der Waals surface area (Å²) in [4.78, 5) is 18.4. The van der Waals surface area contributed by atoms with Crippen molar-refractivity contribution in [2.75, 3.05) is 26.2 Å². The largest absolute Gasteiger partial charge is 0.352 e. The molecule has 4 heteroatoms. The lowest BCUT2D eigenvalue weighted by Crippen LogP contribution is -2.31. The van der Waals surface area contributed by atoms with Crippen LogP contribution in [0.3, 0.4) is 0 Å². The molecule has 1 aromatic heterocycles. The molecule has 1 atom stereocenters. The first kappa shape index (κ1) is 15.0. The molecule has 1 N–H and O–H groups in total. The van der Waals surface area contributed by atoms with E-state index in [1.165, 1.54) is 25.9 Å². The number of aromatic nitrogens is 1. The quantitative estimate of drug-likeness (QED) is 0.865. The van der Waals surface area contributed by atoms with Gasteiger partial charge in [0.2, 0.25) is 0 Å². The van der Waals surface area contributed by atoms with Crippen molar-refractivity contribution >= 4 is 5.91 Å². The number of pyridine rings is 1. The molecule has 1 aromatic rings. The summed E-state index contributed by atoms with van der Waals surface area (Å²) in [7, 11) is 0. The summed E-state index contributed by atoms with van der Waals surface area (Å²) in [6.07, 6.45) is 5.75. The smallest absolute Gasteiger partial charge is 0.251 e. The van der Waals surface area contributed by atoms with E-state index in [0.29, 0.717) is 11.5 Å². The van der Waals surface area contributed by atoms with Crippen molar-refractivity contribution in [3.05, 3.63) is 30.1 Å². The summed E-state index contributed by atoms with van der Waals surface area (Å²) < 4.78 is 0. The second kappa shape index (κ2) is 7.39. The average molecular weight is 275 g/mol. The third kappa shape index (κ3) is 4.60. The number of carbonyl (C=O) groups is 1. The van der Waals surface area contributed by atoms with Gasteiger partial charge in [-0.2, -0.15) is 0 Å². The fraction of sp³-hybridized carbons (Fsp3) is 0.625. The van der Waals surface area contributed by atoms with Gasteiger partial charge in [0.05, 0.1) is 0 Å². The van der Waals surface area contributed by atoms with Gasteiger partial charge in [0, 0.05) is 31.0 Å². The van der Waals surface area contributed by atoms with E-state index in [9.17, 15) is 4.79 Å². The molecule has 0 bridgehead atoms. The van der Waals surface area contributed by atoms with E-state index in [2.05, 4.69) is 29.0 Å². The molecule has 2 rings (SSSR count). The molecule has 20 heavy (non-hydrogen) atoms. The van der Waals surface area contributed by atoms with Crippen LogP contribution in [0.4, 0.5) is 0 Å². The van der Waals surface area contributed by atoms with Gasteiger partial charge in [0.15, 0.2) is 0 Å². The van der Waals surface area contributed by atoms with Crippen LogP contribution < -0.4 is 5.32 Å². The maximum absolute atomic E-state index is 11.9. The van der Waals surface area contributed by atoms with E-state index in [-0.39, 0.29) is 5.91 Å². The number of rotatable bonds is 6. The highest BCUT2D eigenvalue weighted by Gasteiger charge is 2.22. The molecule has 4 nitrogen and oxygen atoms in total. The molecular formula is C16H25N3O. The second-order valence-electron chi connectivity index (χ2n) is 6.08. The molecule has 1 aliphatic rings. The van der Waals surface area contributed by atoms with Gasteiger partial charge in [-0.15, -0.1) is 0 Å². The fourth-order valence-corrected chi connectivity index (χ4v) is 2.57. The van der Waals surface area contributed by atoms with Crippen molar-refractivity contribution in [1.29, 1.82) is 0 Å². The highest BCUT2D eigenvalue weighted by atomic mass is 16.1. The minimum Gasteiger partial charge on any atom is -0.352 e. The van der Waals surface area contributed by atoms with Gasteiger partial charge in [-0.3, -0.25) is 9.78 Å². The second-order valence-corrected chi connectivity index (χ2v) is 6.08. The molecule has 1 aliphatic heterocycles. The van der Waals surface area contributed by atoms with Crippen LogP contribution in [0.5, 0.6) is 0 Å². The Morgan fingerprint density at radius 2 is 2.20 bits per heavy atom. The predicted molar refractivity (Wildman–Crippen MR) is 80.6 cm³/mol. The van der Waals surface area contributed by atoms with E-state index in [1.807, 2.05) is 0 Å². The molecule has 0 saturated carbocycles. The summed E-state index contributed by atoms with van der Waals surface area (Å²) in [6.45, 7) is 8.78. The minimum absolute atomic E-state index is 0.00744. The Labute approximate surface area is 121 Å². The predicted octanol–water partition coefficient (Wildman–Crippen LogP) is 2.18. The van der Waals surface area contributed by atoms with Crippen LogP contribution in [0.1, 0.15) is 37.0 Å². The zero-order chi connectivity index (χ0) is 14.4. The topological polar surface area (TPSA) is 45.2 Å². The monoisotopic (exact) mass is 275 g/mol. The van der Waals surface area contributed by atoms with E-state index < -0.39 is 0 Å². The van der Waals surface area contributed by atoms with E-state index in [0.717, 1.165) is 19.0 Å². The van der Waals surface area contributed by atoms with E-state index >= 15 is 0 Å². The third-order valence-electron chi connectivity index (χ3n) is 3.89. The number of amides is 1. The number of likely N-dealkylation sites (tertiary alicyclic amines) is 1. The number of nitrogens with one attached hydrogen (secondary N) is 1. The first-order valence-electron chi connectivity index (χ1n) is 7.55. The minimum atomic E-state index is 0.00744. The summed E-state index contributed by atoms with van der Waals surface area (Å²) in [5.74, 6) is 1.36. The molecule has 1 fully saturated rings. The van der Waals surface area contributed by atoms with Gasteiger partial charge in [-0.1, -0.05) is 13.8 Å². The summed E-state index contributed by atoms with van der Waals surface area (Å²) >= 11 is 0. The van der Waals surface area contributed by atoms with Crippen LogP contribution in [0.2, 0.25) is 0 Å². The maximum Gasteiger partial charge on any atom is 0.251 e. The van der Waals surface area contributed by atoms with Crippen molar-refractivity contribution in [2.24, 2.45) is 11.8 Å². The van der Waals surface area contributed by atoms with Gasteiger partial charge >= 0.3 is 0 Å². The van der Waals surface area contributed by atoms with Gasteiger partial charge in [-0.25, -0.2) is 0 Å². The van der Waals surface area contributed by atoms with Crippen LogP contribution >= 0.6 is 0 Å². The molecule has 1 saturated heterocycles. The molecule has 2 heterocycles. The zero-order valence-corrected chi connectivity index (χ0v) is 12.5. The summed E-state index contributed by atoms with van der Waals surface area (Å²) in [5, 5.41) is 3.03. The standard InChI is InChI=1S/C16H25N3O/c1-13(2)5-9-19-10-6-14(12-19)11-18-16(20)15-3-7-17-8-4-15/h3-4,7-8,13-14H,5-6,9-12H2,1-2H3,(H,18,20)/t14-/m0/s1. The number of hydrogen-bond donors (Lipinski definition) is 1. The van der Waals surface area contributed by atoms with Gasteiger partial charge in [0.1, 0.15) is 0 Å². The summed E-state index contributed by atoms with van der Waals surface area (Å²) in [5.41, 5.74) is 0.690. The van der Waals surface area contributed by atoms with Crippen LogP contribution in [0.15, 0.2) is 24.5 Å². The molecule has 1 amide bonds. The van der Waals surface area contributed by atoms with Crippen molar-refractivity contribution < 1.29 is 4.79 Å². The van der Waals surface area contributed by atoms with Gasteiger partial charge in [0.25, 0.3) is 5.91 Å². The summed E-state index contributed by atoms with van der Waals surface area (Å²) in [6, 6.07) is 3.50. The van der Waals surface area contributed by atoms with Crippen molar-refractivity contribution in [3.8, 4) is 0 Å². The lowest BCUT2D eigenvalue weighted by atomic mass is 10.1. The highest BCUT2D eigenvalue weighted by Crippen LogP contribution is 2.16. The Bertz CT molecular complexity index is 419. The van der Waals surface area contributed by atoms with E-state index in [1.54, 1.807) is 24.5 Å². The third-order valence-corrected chi connectivity index (χ3v) is 3.89. The highest BCUT2D eigenvalue weighted by molar-refractivity contribution is 5.93. The Morgan fingerprint density at radius 1 is 1.45 bits per heavy atom. The number of carbonyl (C=O) groups excluding carboxylic acids is 1. The molecular weight excluding hydrogens is 250 g/mol. The van der Waals surface area contributed by atoms with Crippen LogP contribution in [-0.2, 0) is 0 Å². The number of nitrogens with zero attached hydrogens (tertiary/aromatic N) is 2. The number of hydrogen-bond acceptors (Lipinski definition) is 3. The SMILES string of the molecule is CC(C)CCN1CC[C@@H](CNC(=O)c2ccncc2)C1. The lowest BCUT2D eigenvalue weighted by molar-refractivity contribution is 0.0947. The van der Waals surface area contributed by atoms with Crippen LogP contribution in [-0.4, -0.2) is 42.0 Å². The molecule has 0 unspecified atom stereocenters. The van der Waals surface area contributed by atoms with Gasteiger partial charge < -0.3 is 10.2 Å². The Kier molecular flexibility index (Phi) is 5.53. The zero-order valence-electron chi connectivity index (χ0n) is 12.5. The lowest BCUT2D eigenvalue weighted by Gasteiger charge is -2.17. The first-order valence-corrected chi connectivity index (χ1v) is 7.55. The normalized spacial score (nSPS) is 19.4. The van der Waals surface area contributed by atoms with Gasteiger partial charge in [-0.05, 0) is 49.9 Å².